The third kappa shape index (κ3) is 1.71. The fourth-order valence-corrected chi connectivity index (χ4v) is 2.29. The number of aryl methyl sites for hydroxylation is 1. The Morgan fingerprint density at radius 3 is 2.83 bits per heavy atom. The van der Waals surface area contributed by atoms with Gasteiger partial charge in [-0.15, -0.1) is 0 Å². The molecule has 0 aliphatic rings. The van der Waals surface area contributed by atoms with E-state index in [2.05, 4.69) is 15.6 Å². The first-order chi connectivity index (χ1) is 8.79. The molecule has 0 spiro atoms. The van der Waals surface area contributed by atoms with Gasteiger partial charge in [-0.05, 0) is 6.07 Å². The Labute approximate surface area is 105 Å². The summed E-state index contributed by atoms with van der Waals surface area (Å²) < 4.78 is 4.16. The summed E-state index contributed by atoms with van der Waals surface area (Å²) in [7, 11) is 1.99. The van der Waals surface area contributed by atoms with Crippen LogP contribution >= 0.6 is 0 Å². The third-order valence-corrected chi connectivity index (χ3v) is 3.29. The van der Waals surface area contributed by atoms with Gasteiger partial charge in [0.25, 0.3) is 0 Å². The van der Waals surface area contributed by atoms with E-state index in [1.54, 1.807) is 6.33 Å². The Balaban J connectivity index is 2.09. The van der Waals surface area contributed by atoms with Gasteiger partial charge in [0.05, 0.1) is 25.2 Å². The van der Waals surface area contributed by atoms with Crippen molar-refractivity contribution >= 4 is 10.9 Å². The average molecular weight is 241 g/mol. The van der Waals surface area contributed by atoms with Crippen LogP contribution in [0.1, 0.15) is 11.3 Å². The number of fused-ring (bicyclic) bond motifs is 1. The molecule has 0 radical (unpaired) electrons. The lowest BCUT2D eigenvalue weighted by atomic mass is 10.2. The van der Waals surface area contributed by atoms with Gasteiger partial charge in [-0.1, -0.05) is 18.2 Å². The van der Waals surface area contributed by atoms with Gasteiger partial charge in [0.2, 0.25) is 0 Å². The second-order valence-electron chi connectivity index (χ2n) is 4.45. The molecule has 4 heteroatoms. The summed E-state index contributed by atoms with van der Waals surface area (Å²) in [5, 5.41) is 10.5. The summed E-state index contributed by atoms with van der Waals surface area (Å²) >= 11 is 0. The van der Waals surface area contributed by atoms with Gasteiger partial charge in [0, 0.05) is 35.9 Å². The molecule has 0 saturated carbocycles. The fourth-order valence-electron chi connectivity index (χ4n) is 2.29. The van der Waals surface area contributed by atoms with Crippen LogP contribution in [0.15, 0.2) is 43.0 Å². The number of aromatic nitrogens is 3. The van der Waals surface area contributed by atoms with E-state index in [1.165, 1.54) is 0 Å². The van der Waals surface area contributed by atoms with E-state index in [-0.39, 0.29) is 6.61 Å². The summed E-state index contributed by atoms with van der Waals surface area (Å²) in [5.74, 6) is 0. The van der Waals surface area contributed by atoms with E-state index in [4.69, 9.17) is 0 Å². The summed E-state index contributed by atoms with van der Waals surface area (Å²) in [6.07, 6.45) is 5.68. The molecule has 0 fully saturated rings. The molecule has 0 aliphatic carbocycles. The van der Waals surface area contributed by atoms with Crippen LogP contribution in [-0.4, -0.2) is 19.2 Å². The zero-order valence-corrected chi connectivity index (χ0v) is 10.2. The van der Waals surface area contributed by atoms with Crippen LogP contribution in [0.3, 0.4) is 0 Å². The highest BCUT2D eigenvalue weighted by Crippen LogP contribution is 2.22. The molecular weight excluding hydrogens is 226 g/mol. The Morgan fingerprint density at radius 1 is 1.28 bits per heavy atom. The topological polar surface area (TPSA) is 43.0 Å². The van der Waals surface area contributed by atoms with Gasteiger partial charge in [-0.3, -0.25) is 0 Å². The summed E-state index contributed by atoms with van der Waals surface area (Å²) in [6, 6.07) is 8.13. The van der Waals surface area contributed by atoms with Crippen LogP contribution in [0.2, 0.25) is 0 Å². The SMILES string of the molecule is Cn1cncc1Cn1cc(CO)c2ccccc21. The van der Waals surface area contributed by atoms with E-state index in [1.807, 2.05) is 42.2 Å². The fraction of sp³-hybridized carbons (Fsp3) is 0.214. The highest BCUT2D eigenvalue weighted by atomic mass is 16.3. The van der Waals surface area contributed by atoms with Gasteiger partial charge in [0.1, 0.15) is 0 Å². The van der Waals surface area contributed by atoms with Crippen LogP contribution in [0.25, 0.3) is 10.9 Å². The number of hydrogen-bond donors (Lipinski definition) is 1. The summed E-state index contributed by atoms with van der Waals surface area (Å²) in [5.41, 5.74) is 3.25. The Kier molecular flexibility index (Phi) is 2.64. The maximum atomic E-state index is 9.40. The Bertz CT molecular complexity index is 681. The van der Waals surface area contributed by atoms with E-state index in [0.29, 0.717) is 0 Å². The molecule has 3 aromatic rings. The van der Waals surface area contributed by atoms with Gasteiger partial charge < -0.3 is 14.2 Å². The minimum atomic E-state index is 0.0684. The van der Waals surface area contributed by atoms with Crippen molar-refractivity contribution in [2.45, 2.75) is 13.2 Å². The first kappa shape index (κ1) is 11.0. The number of imidazole rings is 1. The van der Waals surface area contributed by atoms with Crippen LogP contribution in [0, 0.1) is 0 Å². The highest BCUT2D eigenvalue weighted by molar-refractivity contribution is 5.83. The molecule has 0 aliphatic heterocycles. The van der Waals surface area contributed by atoms with Gasteiger partial charge in [-0.2, -0.15) is 0 Å². The first-order valence-corrected chi connectivity index (χ1v) is 5.92. The van der Waals surface area contributed by atoms with Crippen molar-refractivity contribution in [1.29, 1.82) is 0 Å². The monoisotopic (exact) mass is 241 g/mol. The van der Waals surface area contributed by atoms with Crippen LogP contribution in [0.5, 0.6) is 0 Å². The summed E-state index contributed by atoms with van der Waals surface area (Å²) in [6.45, 7) is 0.829. The van der Waals surface area contributed by atoms with E-state index in [9.17, 15) is 5.11 Å². The molecule has 18 heavy (non-hydrogen) atoms. The standard InChI is InChI=1S/C14H15N3O/c1-16-10-15-6-12(16)8-17-7-11(9-18)13-4-2-3-5-14(13)17/h2-7,10,18H,8-9H2,1H3. The average Bonchev–Trinajstić information content (AvgIpc) is 2.95. The number of aliphatic hydroxyl groups is 1. The molecule has 1 aromatic carbocycles. The normalized spacial score (nSPS) is 11.2. The first-order valence-electron chi connectivity index (χ1n) is 5.92. The van der Waals surface area contributed by atoms with Crippen molar-refractivity contribution in [3.63, 3.8) is 0 Å². The van der Waals surface area contributed by atoms with E-state index in [0.717, 1.165) is 28.7 Å². The lowest BCUT2D eigenvalue weighted by molar-refractivity contribution is 0.283. The molecular formula is C14H15N3O. The molecule has 4 nitrogen and oxygen atoms in total. The number of nitrogens with zero attached hydrogens (tertiary/aromatic N) is 3. The van der Waals surface area contributed by atoms with Gasteiger partial charge in [0.15, 0.2) is 0 Å². The Morgan fingerprint density at radius 2 is 2.11 bits per heavy atom. The molecule has 2 aromatic heterocycles. The molecule has 3 rings (SSSR count). The molecule has 0 bridgehead atoms. The minimum absolute atomic E-state index is 0.0684. The predicted octanol–water partition coefficient (Wildman–Crippen LogP) is 1.92. The van der Waals surface area contributed by atoms with E-state index >= 15 is 0 Å². The number of rotatable bonds is 3. The molecule has 0 atom stereocenters. The largest absolute Gasteiger partial charge is 0.392 e. The number of benzene rings is 1. The smallest absolute Gasteiger partial charge is 0.0946 e. The predicted molar refractivity (Wildman–Crippen MR) is 70.2 cm³/mol. The van der Waals surface area contributed by atoms with Crippen molar-refractivity contribution in [1.82, 2.24) is 14.1 Å². The summed E-state index contributed by atoms with van der Waals surface area (Å²) in [4.78, 5) is 4.13. The third-order valence-electron chi connectivity index (χ3n) is 3.29. The Hall–Kier alpha value is -2.07. The van der Waals surface area contributed by atoms with Crippen LogP contribution in [-0.2, 0) is 20.2 Å². The van der Waals surface area contributed by atoms with Gasteiger partial charge in [-0.25, -0.2) is 4.98 Å². The molecule has 92 valence electrons. The lowest BCUT2D eigenvalue weighted by Crippen LogP contribution is -2.02. The zero-order valence-electron chi connectivity index (χ0n) is 10.2. The van der Waals surface area contributed by atoms with E-state index < -0.39 is 0 Å². The number of hydrogen-bond acceptors (Lipinski definition) is 2. The number of aliphatic hydroxyl groups excluding tert-OH is 1. The van der Waals surface area contributed by atoms with Crippen molar-refractivity contribution in [3.8, 4) is 0 Å². The lowest BCUT2D eigenvalue weighted by Gasteiger charge is -2.05. The van der Waals surface area contributed by atoms with Crippen LogP contribution in [0.4, 0.5) is 0 Å². The second kappa shape index (κ2) is 4.31. The maximum absolute atomic E-state index is 9.40. The molecule has 0 unspecified atom stereocenters. The van der Waals surface area contributed by atoms with Gasteiger partial charge >= 0.3 is 0 Å². The highest BCUT2D eigenvalue weighted by Gasteiger charge is 2.08. The molecule has 0 amide bonds. The quantitative estimate of drug-likeness (QED) is 0.761. The zero-order chi connectivity index (χ0) is 12.5. The van der Waals surface area contributed by atoms with Crippen molar-refractivity contribution in [3.05, 3.63) is 54.2 Å². The molecule has 2 heterocycles. The maximum Gasteiger partial charge on any atom is 0.0946 e. The van der Waals surface area contributed by atoms with Crippen molar-refractivity contribution < 1.29 is 5.11 Å². The van der Waals surface area contributed by atoms with Crippen molar-refractivity contribution in [2.75, 3.05) is 0 Å². The molecule has 1 N–H and O–H groups in total. The second-order valence-corrected chi connectivity index (χ2v) is 4.45. The van der Waals surface area contributed by atoms with Crippen LogP contribution < -0.4 is 0 Å². The minimum Gasteiger partial charge on any atom is -0.392 e. The molecule has 0 saturated heterocycles. The number of para-hydroxylation sites is 1. The van der Waals surface area contributed by atoms with Crippen molar-refractivity contribution in [2.24, 2.45) is 7.05 Å².